The highest BCUT2D eigenvalue weighted by molar-refractivity contribution is 5.26. The van der Waals surface area contributed by atoms with E-state index in [0.29, 0.717) is 5.92 Å². The van der Waals surface area contributed by atoms with E-state index in [1.54, 1.807) is 12.1 Å². The predicted octanol–water partition coefficient (Wildman–Crippen LogP) is 3.70. The number of alkyl halides is 3. The molecular formula is C16H23F3N2. The Morgan fingerprint density at radius 2 is 1.76 bits per heavy atom. The van der Waals surface area contributed by atoms with Crippen LogP contribution in [0.3, 0.4) is 0 Å². The van der Waals surface area contributed by atoms with Gasteiger partial charge in [0.05, 0.1) is 5.56 Å². The summed E-state index contributed by atoms with van der Waals surface area (Å²) in [5.41, 5.74) is 0.310. The average molecular weight is 300 g/mol. The monoisotopic (exact) mass is 300 g/mol. The summed E-state index contributed by atoms with van der Waals surface area (Å²) in [7, 11) is 2.13. The Hall–Kier alpha value is -1.07. The standard InChI is InChI=1S/C16H23F3N2/c1-12(20-11-13-7-9-21(2)10-8-13)14-3-5-15(6-4-14)16(17,18)19/h3-6,12-13,20H,7-11H2,1-2H3. The van der Waals surface area contributed by atoms with Crippen molar-refractivity contribution in [2.75, 3.05) is 26.7 Å². The van der Waals surface area contributed by atoms with Gasteiger partial charge in [-0.25, -0.2) is 0 Å². The number of hydrogen-bond donors (Lipinski definition) is 1. The van der Waals surface area contributed by atoms with Crippen LogP contribution in [0.4, 0.5) is 13.2 Å². The van der Waals surface area contributed by atoms with E-state index in [1.165, 1.54) is 12.8 Å². The lowest BCUT2D eigenvalue weighted by Crippen LogP contribution is -2.35. The number of nitrogens with zero attached hydrogens (tertiary/aromatic N) is 1. The van der Waals surface area contributed by atoms with Gasteiger partial charge in [-0.3, -0.25) is 0 Å². The van der Waals surface area contributed by atoms with Crippen molar-refractivity contribution in [3.63, 3.8) is 0 Å². The smallest absolute Gasteiger partial charge is 0.310 e. The van der Waals surface area contributed by atoms with Crippen LogP contribution < -0.4 is 5.32 Å². The number of hydrogen-bond acceptors (Lipinski definition) is 2. The zero-order valence-corrected chi connectivity index (χ0v) is 12.6. The lowest BCUT2D eigenvalue weighted by molar-refractivity contribution is -0.137. The Morgan fingerprint density at radius 1 is 1.19 bits per heavy atom. The second kappa shape index (κ2) is 6.79. The van der Waals surface area contributed by atoms with Gasteiger partial charge in [-0.1, -0.05) is 12.1 Å². The predicted molar refractivity (Wildman–Crippen MR) is 78.1 cm³/mol. The van der Waals surface area contributed by atoms with Gasteiger partial charge in [0, 0.05) is 6.04 Å². The molecule has 0 radical (unpaired) electrons. The first-order valence-electron chi connectivity index (χ1n) is 7.45. The average Bonchev–Trinajstić information content (AvgIpc) is 2.45. The van der Waals surface area contributed by atoms with Crippen molar-refractivity contribution in [2.24, 2.45) is 5.92 Å². The second-order valence-electron chi connectivity index (χ2n) is 6.00. The van der Waals surface area contributed by atoms with E-state index in [9.17, 15) is 13.2 Å². The third-order valence-electron chi connectivity index (χ3n) is 4.29. The van der Waals surface area contributed by atoms with Gasteiger partial charge in [0.15, 0.2) is 0 Å². The Morgan fingerprint density at radius 3 is 2.29 bits per heavy atom. The van der Waals surface area contributed by atoms with Crippen LogP contribution in [0, 0.1) is 5.92 Å². The van der Waals surface area contributed by atoms with E-state index in [-0.39, 0.29) is 6.04 Å². The quantitative estimate of drug-likeness (QED) is 0.912. The van der Waals surface area contributed by atoms with Gasteiger partial charge in [0.2, 0.25) is 0 Å². The van der Waals surface area contributed by atoms with Crippen LogP contribution in [0.2, 0.25) is 0 Å². The number of nitrogens with one attached hydrogen (secondary N) is 1. The molecule has 21 heavy (non-hydrogen) atoms. The zero-order chi connectivity index (χ0) is 15.5. The summed E-state index contributed by atoms with van der Waals surface area (Å²) < 4.78 is 37.6. The molecule has 0 saturated carbocycles. The van der Waals surface area contributed by atoms with Crippen molar-refractivity contribution >= 4 is 0 Å². The molecule has 1 aromatic carbocycles. The van der Waals surface area contributed by atoms with Gasteiger partial charge < -0.3 is 10.2 Å². The van der Waals surface area contributed by atoms with E-state index in [4.69, 9.17) is 0 Å². The maximum Gasteiger partial charge on any atom is 0.416 e. The first-order chi connectivity index (χ1) is 9.86. The second-order valence-corrected chi connectivity index (χ2v) is 6.00. The summed E-state index contributed by atoms with van der Waals surface area (Å²) in [6, 6.07) is 5.52. The van der Waals surface area contributed by atoms with Gasteiger partial charge in [0.1, 0.15) is 0 Å². The van der Waals surface area contributed by atoms with Gasteiger partial charge in [-0.15, -0.1) is 0 Å². The number of piperidine rings is 1. The maximum absolute atomic E-state index is 12.5. The molecule has 5 heteroatoms. The fraction of sp³-hybridized carbons (Fsp3) is 0.625. The van der Waals surface area contributed by atoms with Crippen LogP contribution >= 0.6 is 0 Å². The molecule has 1 N–H and O–H groups in total. The molecule has 1 aliphatic rings. The topological polar surface area (TPSA) is 15.3 Å². The van der Waals surface area contributed by atoms with Crippen molar-refractivity contribution in [3.8, 4) is 0 Å². The summed E-state index contributed by atoms with van der Waals surface area (Å²) in [6.45, 7) is 5.18. The van der Waals surface area contributed by atoms with Crippen molar-refractivity contribution in [3.05, 3.63) is 35.4 Å². The highest BCUT2D eigenvalue weighted by atomic mass is 19.4. The van der Waals surface area contributed by atoms with E-state index < -0.39 is 11.7 Å². The first kappa shape index (κ1) is 16.3. The van der Waals surface area contributed by atoms with Crippen LogP contribution in [0.25, 0.3) is 0 Å². The van der Waals surface area contributed by atoms with E-state index in [0.717, 1.165) is 37.3 Å². The number of benzene rings is 1. The van der Waals surface area contributed by atoms with Crippen molar-refractivity contribution in [1.82, 2.24) is 10.2 Å². The molecule has 0 aliphatic carbocycles. The molecule has 1 aliphatic heterocycles. The Bertz CT molecular complexity index is 434. The summed E-state index contributed by atoms with van der Waals surface area (Å²) >= 11 is 0. The SMILES string of the molecule is CC(NCC1CCN(C)CC1)c1ccc(C(F)(F)F)cc1. The largest absolute Gasteiger partial charge is 0.416 e. The Labute approximate surface area is 124 Å². The summed E-state index contributed by atoms with van der Waals surface area (Å²) in [5, 5.41) is 3.44. The summed E-state index contributed by atoms with van der Waals surface area (Å²) in [6.07, 6.45) is -1.89. The molecule has 1 fully saturated rings. The molecule has 118 valence electrons. The molecule has 0 amide bonds. The molecule has 0 bridgehead atoms. The minimum atomic E-state index is -4.26. The summed E-state index contributed by atoms with van der Waals surface area (Å²) in [4.78, 5) is 2.33. The molecule has 1 unspecified atom stereocenters. The molecule has 2 rings (SSSR count). The van der Waals surface area contributed by atoms with Crippen LogP contribution in [0.1, 0.15) is 36.9 Å². The highest BCUT2D eigenvalue weighted by Gasteiger charge is 2.30. The molecule has 0 spiro atoms. The molecule has 1 aromatic rings. The normalized spacial score (nSPS) is 19.7. The van der Waals surface area contributed by atoms with Gasteiger partial charge >= 0.3 is 6.18 Å². The van der Waals surface area contributed by atoms with Gasteiger partial charge in [-0.2, -0.15) is 13.2 Å². The van der Waals surface area contributed by atoms with Crippen molar-refractivity contribution < 1.29 is 13.2 Å². The number of likely N-dealkylation sites (tertiary alicyclic amines) is 1. The van der Waals surface area contributed by atoms with E-state index >= 15 is 0 Å². The fourth-order valence-corrected chi connectivity index (χ4v) is 2.69. The Balaban J connectivity index is 1.84. The third-order valence-corrected chi connectivity index (χ3v) is 4.29. The fourth-order valence-electron chi connectivity index (χ4n) is 2.69. The van der Waals surface area contributed by atoms with Crippen LogP contribution in [-0.2, 0) is 6.18 Å². The molecule has 1 saturated heterocycles. The lowest BCUT2D eigenvalue weighted by Gasteiger charge is -2.30. The molecule has 1 heterocycles. The summed E-state index contributed by atoms with van der Waals surface area (Å²) in [5.74, 6) is 0.665. The Kier molecular flexibility index (Phi) is 5.27. The number of rotatable bonds is 4. The molecule has 2 nitrogen and oxygen atoms in total. The van der Waals surface area contributed by atoms with Crippen molar-refractivity contribution in [1.29, 1.82) is 0 Å². The molecular weight excluding hydrogens is 277 g/mol. The molecule has 0 aromatic heterocycles. The minimum Gasteiger partial charge on any atom is -0.310 e. The van der Waals surface area contributed by atoms with E-state index in [1.807, 2.05) is 6.92 Å². The minimum absolute atomic E-state index is 0.0759. The first-order valence-corrected chi connectivity index (χ1v) is 7.45. The zero-order valence-electron chi connectivity index (χ0n) is 12.6. The van der Waals surface area contributed by atoms with Gasteiger partial charge in [-0.05, 0) is 70.1 Å². The highest BCUT2D eigenvalue weighted by Crippen LogP contribution is 2.30. The van der Waals surface area contributed by atoms with Crippen LogP contribution in [0.15, 0.2) is 24.3 Å². The lowest BCUT2D eigenvalue weighted by atomic mass is 9.96. The van der Waals surface area contributed by atoms with E-state index in [2.05, 4.69) is 17.3 Å². The van der Waals surface area contributed by atoms with Gasteiger partial charge in [0.25, 0.3) is 0 Å². The number of halogens is 3. The van der Waals surface area contributed by atoms with Crippen LogP contribution in [-0.4, -0.2) is 31.6 Å². The van der Waals surface area contributed by atoms with Crippen molar-refractivity contribution in [2.45, 2.75) is 32.0 Å². The van der Waals surface area contributed by atoms with Crippen LogP contribution in [0.5, 0.6) is 0 Å². The third kappa shape index (κ3) is 4.71. The maximum atomic E-state index is 12.5. The molecule has 1 atom stereocenters.